The first kappa shape index (κ1) is 19.4. The van der Waals surface area contributed by atoms with Gasteiger partial charge in [0.2, 0.25) is 5.78 Å². The lowest BCUT2D eigenvalue weighted by Crippen LogP contribution is -2.21. The van der Waals surface area contributed by atoms with Crippen molar-refractivity contribution in [3.8, 4) is 16.9 Å². The minimum Gasteiger partial charge on any atom is -0.290 e. The van der Waals surface area contributed by atoms with E-state index in [0.29, 0.717) is 16.9 Å². The van der Waals surface area contributed by atoms with E-state index in [2.05, 4.69) is 5.10 Å². The molecule has 0 aliphatic heterocycles. The third-order valence-electron chi connectivity index (χ3n) is 4.67. The Balaban J connectivity index is 1.87. The Hall–Kier alpha value is -3.87. The summed E-state index contributed by atoms with van der Waals surface area (Å²) in [5, 5.41) is 2.97. The van der Waals surface area contributed by atoms with Crippen LogP contribution in [0.4, 0.5) is 13.2 Å². The third-order valence-corrected chi connectivity index (χ3v) is 4.67. The highest BCUT2D eigenvalue weighted by atomic mass is 19.4. The van der Waals surface area contributed by atoms with Gasteiger partial charge in [-0.3, -0.25) is 14.7 Å². The molecule has 0 aliphatic rings. The van der Waals surface area contributed by atoms with Crippen LogP contribution in [-0.2, 0) is 6.18 Å². The van der Waals surface area contributed by atoms with Crippen molar-refractivity contribution in [2.45, 2.75) is 6.18 Å². The highest BCUT2D eigenvalue weighted by Crippen LogP contribution is 2.30. The fourth-order valence-electron chi connectivity index (χ4n) is 3.18. The predicted octanol–water partition coefficient (Wildman–Crippen LogP) is 5.08. The van der Waals surface area contributed by atoms with Gasteiger partial charge in [0.15, 0.2) is 0 Å². The summed E-state index contributed by atoms with van der Waals surface area (Å²) in [6.07, 6.45) is -4.51. The van der Waals surface area contributed by atoms with Gasteiger partial charge in [-0.05, 0) is 24.3 Å². The smallest absolute Gasteiger partial charge is 0.290 e. The summed E-state index contributed by atoms with van der Waals surface area (Å²) in [5.41, 5.74) is -0.135. The topological polar surface area (TPSA) is 54.9 Å². The fourth-order valence-corrected chi connectivity index (χ4v) is 3.18. The maximum Gasteiger partial charge on any atom is 0.416 e. The van der Waals surface area contributed by atoms with Crippen LogP contribution in [0.25, 0.3) is 16.9 Å². The molecule has 0 fully saturated rings. The number of carbonyl (C=O) groups is 1. The van der Waals surface area contributed by atoms with Gasteiger partial charge in [0.05, 0.1) is 16.9 Å². The molecule has 1 aromatic heterocycles. The maximum absolute atomic E-state index is 13.2. The lowest BCUT2D eigenvalue weighted by atomic mass is 9.99. The first-order chi connectivity index (χ1) is 14.4. The minimum absolute atomic E-state index is 0.00325. The number of hydrogen-bond donors (Lipinski definition) is 1. The van der Waals surface area contributed by atoms with Crippen molar-refractivity contribution in [2.75, 3.05) is 0 Å². The van der Waals surface area contributed by atoms with Gasteiger partial charge in [-0.25, -0.2) is 4.68 Å². The van der Waals surface area contributed by atoms with Crippen molar-refractivity contribution in [1.29, 1.82) is 0 Å². The maximum atomic E-state index is 13.2. The van der Waals surface area contributed by atoms with E-state index in [-0.39, 0.29) is 11.1 Å². The summed E-state index contributed by atoms with van der Waals surface area (Å²) in [4.78, 5) is 26.3. The van der Waals surface area contributed by atoms with Crippen LogP contribution in [0.3, 0.4) is 0 Å². The highest BCUT2D eigenvalue weighted by Gasteiger charge is 2.31. The van der Waals surface area contributed by atoms with E-state index in [0.717, 1.165) is 24.3 Å². The average Bonchev–Trinajstić information content (AvgIpc) is 3.11. The van der Waals surface area contributed by atoms with E-state index in [1.54, 1.807) is 60.7 Å². The van der Waals surface area contributed by atoms with Crippen molar-refractivity contribution in [1.82, 2.24) is 9.78 Å². The van der Waals surface area contributed by atoms with Gasteiger partial charge < -0.3 is 0 Å². The second-order valence-corrected chi connectivity index (χ2v) is 6.61. The lowest BCUT2D eigenvalue weighted by Gasteiger charge is -2.07. The molecule has 30 heavy (non-hydrogen) atoms. The molecule has 1 heterocycles. The molecule has 0 amide bonds. The van der Waals surface area contributed by atoms with Crippen molar-refractivity contribution in [2.24, 2.45) is 0 Å². The SMILES string of the molecule is O=C(c1ccc(C(F)(F)F)cc1)c1c(-c2ccccc2)[nH]n(-c2ccccc2)c1=O. The van der Waals surface area contributed by atoms with Crippen LogP contribution in [0.15, 0.2) is 89.7 Å². The number of para-hydroxylation sites is 1. The Kier molecular flexibility index (Phi) is 4.87. The monoisotopic (exact) mass is 408 g/mol. The van der Waals surface area contributed by atoms with Crippen LogP contribution < -0.4 is 5.56 Å². The normalized spacial score (nSPS) is 11.4. The second kappa shape index (κ2) is 7.51. The van der Waals surface area contributed by atoms with E-state index in [1.807, 2.05) is 0 Å². The average molecular weight is 408 g/mol. The molecular weight excluding hydrogens is 393 g/mol. The molecule has 7 heteroatoms. The number of H-pyrrole nitrogens is 1. The number of nitrogens with zero attached hydrogens (tertiary/aromatic N) is 1. The first-order valence-electron chi connectivity index (χ1n) is 9.04. The molecule has 150 valence electrons. The van der Waals surface area contributed by atoms with Gasteiger partial charge in [0, 0.05) is 11.1 Å². The van der Waals surface area contributed by atoms with Crippen LogP contribution in [-0.4, -0.2) is 15.6 Å². The Morgan fingerprint density at radius 2 is 1.37 bits per heavy atom. The molecule has 4 aromatic rings. The number of alkyl halides is 3. The Morgan fingerprint density at radius 3 is 1.93 bits per heavy atom. The van der Waals surface area contributed by atoms with Crippen molar-refractivity contribution in [3.05, 3.63) is 112 Å². The fraction of sp³-hybridized carbons (Fsp3) is 0.0435. The molecule has 4 rings (SSSR count). The van der Waals surface area contributed by atoms with Crippen molar-refractivity contribution < 1.29 is 18.0 Å². The quantitative estimate of drug-likeness (QED) is 0.479. The summed E-state index contributed by atoms with van der Waals surface area (Å²) < 4.78 is 39.8. The van der Waals surface area contributed by atoms with Gasteiger partial charge in [0.1, 0.15) is 5.56 Å². The molecule has 3 aromatic carbocycles. The van der Waals surface area contributed by atoms with Crippen LogP contribution in [0.1, 0.15) is 21.5 Å². The zero-order chi connectivity index (χ0) is 21.3. The molecule has 4 nitrogen and oxygen atoms in total. The van der Waals surface area contributed by atoms with E-state index < -0.39 is 23.1 Å². The largest absolute Gasteiger partial charge is 0.416 e. The zero-order valence-corrected chi connectivity index (χ0v) is 15.5. The Bertz CT molecular complexity index is 1240. The van der Waals surface area contributed by atoms with E-state index in [4.69, 9.17) is 0 Å². The molecule has 0 unspecified atom stereocenters. The molecule has 0 saturated heterocycles. The summed E-state index contributed by atoms with van der Waals surface area (Å²) in [5.74, 6) is -0.654. The number of ketones is 1. The number of carbonyl (C=O) groups excluding carboxylic acids is 1. The van der Waals surface area contributed by atoms with Gasteiger partial charge in [-0.2, -0.15) is 13.2 Å². The number of rotatable bonds is 4. The summed E-state index contributed by atoms with van der Waals surface area (Å²) in [6.45, 7) is 0. The Morgan fingerprint density at radius 1 is 0.800 bits per heavy atom. The number of aromatic amines is 1. The number of benzene rings is 3. The molecule has 0 spiro atoms. The third kappa shape index (κ3) is 3.57. The minimum atomic E-state index is -4.51. The number of aromatic nitrogens is 2. The molecule has 0 aliphatic carbocycles. The van der Waals surface area contributed by atoms with Gasteiger partial charge >= 0.3 is 6.18 Å². The van der Waals surface area contributed by atoms with Gasteiger partial charge in [-0.1, -0.05) is 60.7 Å². The number of halogens is 3. The number of nitrogens with one attached hydrogen (secondary N) is 1. The first-order valence-corrected chi connectivity index (χ1v) is 9.04. The van der Waals surface area contributed by atoms with E-state index in [1.165, 1.54) is 4.68 Å². The molecule has 0 saturated carbocycles. The van der Waals surface area contributed by atoms with Crippen molar-refractivity contribution in [3.63, 3.8) is 0 Å². The summed E-state index contributed by atoms with van der Waals surface area (Å²) in [7, 11) is 0. The standard InChI is InChI=1S/C23H15F3N2O2/c24-23(25,26)17-13-11-16(12-14-17)21(29)19-20(15-7-3-1-4-8-15)27-28(22(19)30)18-9-5-2-6-10-18/h1-14,27H. The van der Waals surface area contributed by atoms with Crippen LogP contribution in [0, 0.1) is 0 Å². The summed E-state index contributed by atoms with van der Waals surface area (Å²) in [6, 6.07) is 21.3. The highest BCUT2D eigenvalue weighted by molar-refractivity contribution is 6.12. The lowest BCUT2D eigenvalue weighted by molar-refractivity contribution is -0.137. The van der Waals surface area contributed by atoms with Crippen LogP contribution >= 0.6 is 0 Å². The van der Waals surface area contributed by atoms with Crippen LogP contribution in [0.2, 0.25) is 0 Å². The zero-order valence-electron chi connectivity index (χ0n) is 15.5. The van der Waals surface area contributed by atoms with Gasteiger partial charge in [0.25, 0.3) is 5.56 Å². The molecule has 0 bridgehead atoms. The van der Waals surface area contributed by atoms with Crippen LogP contribution in [0.5, 0.6) is 0 Å². The molecule has 0 atom stereocenters. The molecular formula is C23H15F3N2O2. The molecule has 0 radical (unpaired) electrons. The molecule has 1 N–H and O–H groups in total. The van der Waals surface area contributed by atoms with Gasteiger partial charge in [-0.15, -0.1) is 0 Å². The number of hydrogen-bond acceptors (Lipinski definition) is 2. The Labute approximate surface area is 169 Å². The van der Waals surface area contributed by atoms with Crippen molar-refractivity contribution >= 4 is 5.78 Å². The van der Waals surface area contributed by atoms with E-state index in [9.17, 15) is 22.8 Å². The second-order valence-electron chi connectivity index (χ2n) is 6.61. The summed E-state index contributed by atoms with van der Waals surface area (Å²) >= 11 is 0. The van der Waals surface area contributed by atoms with E-state index >= 15 is 0 Å². The predicted molar refractivity (Wildman–Crippen MR) is 107 cm³/mol.